The molecule has 3 rings (SSSR count). The topological polar surface area (TPSA) is 27.7 Å². The van der Waals surface area contributed by atoms with Gasteiger partial charge in [0.2, 0.25) is 0 Å². The average Bonchev–Trinajstić information content (AvgIpc) is 0.592. The van der Waals surface area contributed by atoms with Gasteiger partial charge in [-0.3, -0.25) is 0 Å². The Labute approximate surface area is 38.7 Å². The first-order valence-corrected chi connectivity index (χ1v) is 5.45. The molecule has 0 aromatic carbocycles. The Hall–Kier alpha value is 0.815. The van der Waals surface area contributed by atoms with Crippen molar-refractivity contribution in [1.82, 2.24) is 0 Å². The molecule has 0 amide bonds. The van der Waals surface area contributed by atoms with Crippen LogP contribution in [0.2, 0.25) is 0 Å². The maximum atomic E-state index is 4.79. The molecule has 0 aromatic rings. The van der Waals surface area contributed by atoms with E-state index in [1.54, 1.807) is 0 Å². The van der Waals surface area contributed by atoms with E-state index in [0.717, 1.165) is 0 Å². The van der Waals surface area contributed by atoms with E-state index in [9.17, 15) is 0 Å². The van der Waals surface area contributed by atoms with Crippen molar-refractivity contribution in [2.24, 2.45) is 0 Å². The van der Waals surface area contributed by atoms with E-state index in [4.69, 9.17) is 8.32 Å². The van der Waals surface area contributed by atoms with Gasteiger partial charge in [-0.2, -0.15) is 0 Å². The average molecular weight is 174 g/mol. The third kappa shape index (κ3) is 0.232. The molecule has 2 bridgehead atoms. The van der Waals surface area contributed by atoms with Crippen LogP contribution in [0, 0.1) is 0 Å². The third-order valence-electron chi connectivity index (χ3n) is 0.667. The molecule has 24 valence electrons. The van der Waals surface area contributed by atoms with E-state index in [-0.39, 0.29) is 7.32 Å². The number of hydrogen-bond acceptors (Lipinski definition) is 3. The Morgan fingerprint density at radius 1 is 1.20 bits per heavy atom. The standard InChI is InChI=1S/BO3.In/c2-1(3)4;/q-3;+3. The second-order valence-electron chi connectivity index (χ2n) is 0.986. The van der Waals surface area contributed by atoms with Crippen LogP contribution in [0.25, 0.3) is 0 Å². The van der Waals surface area contributed by atoms with Crippen molar-refractivity contribution in [3.05, 3.63) is 0 Å². The summed E-state index contributed by atoms with van der Waals surface area (Å²) in [5, 5.41) is 0. The molecular formula is BInO3. The molecular weight excluding hydrogens is 174 g/mol. The zero-order valence-electron chi connectivity index (χ0n) is 2.38. The van der Waals surface area contributed by atoms with E-state index >= 15 is 0 Å². The SMILES string of the molecule is [O]1B2[O][In]1[O]2. The van der Waals surface area contributed by atoms with Gasteiger partial charge in [0.05, 0.1) is 0 Å². The van der Waals surface area contributed by atoms with Crippen LogP contribution in [-0.2, 0) is 8.32 Å². The molecule has 0 spiro atoms. The summed E-state index contributed by atoms with van der Waals surface area (Å²) in [4.78, 5) is 0. The molecule has 0 N–H and O–H groups in total. The van der Waals surface area contributed by atoms with Gasteiger partial charge in [0, 0.05) is 0 Å². The Kier molecular flexibility index (Phi) is 0.422. The van der Waals surface area contributed by atoms with Crippen LogP contribution >= 0.6 is 0 Å². The monoisotopic (exact) mass is 174 g/mol. The van der Waals surface area contributed by atoms with E-state index in [0.29, 0.717) is 0 Å². The first kappa shape index (κ1) is 2.90. The molecule has 0 saturated carbocycles. The zero-order chi connectivity index (χ0) is 3.28. The number of hydrogen-bond donors (Lipinski definition) is 0. The van der Waals surface area contributed by atoms with E-state index in [1.165, 1.54) is 0 Å². The van der Waals surface area contributed by atoms with Crippen LogP contribution in [0.5, 0.6) is 0 Å². The molecule has 3 nitrogen and oxygen atoms in total. The second kappa shape index (κ2) is 0.727. The number of rotatable bonds is 0. The molecule has 0 radical (unpaired) electrons. The molecule has 5 heavy (non-hydrogen) atoms. The van der Waals surface area contributed by atoms with Gasteiger partial charge in [0.1, 0.15) is 0 Å². The van der Waals surface area contributed by atoms with Crippen LogP contribution in [0.3, 0.4) is 0 Å². The molecule has 3 saturated heterocycles. The summed E-state index contributed by atoms with van der Waals surface area (Å²) in [7, 11) is -0.198. The first-order valence-electron chi connectivity index (χ1n) is 1.41. The van der Waals surface area contributed by atoms with E-state index in [1.807, 2.05) is 0 Å². The van der Waals surface area contributed by atoms with Gasteiger partial charge < -0.3 is 0 Å². The summed E-state index contributed by atoms with van der Waals surface area (Å²) >= 11 is -1.86. The Morgan fingerprint density at radius 3 is 1.40 bits per heavy atom. The Morgan fingerprint density at radius 2 is 1.40 bits per heavy atom. The van der Waals surface area contributed by atoms with E-state index in [2.05, 4.69) is 0 Å². The fraction of sp³-hybridized carbons (Fsp3) is 0. The van der Waals surface area contributed by atoms with Crippen LogP contribution in [0.1, 0.15) is 0 Å². The summed E-state index contributed by atoms with van der Waals surface area (Å²) < 4.78 is 14.4. The van der Waals surface area contributed by atoms with Crippen molar-refractivity contribution < 1.29 is 8.32 Å². The summed E-state index contributed by atoms with van der Waals surface area (Å²) in [6.45, 7) is 0. The minimum absolute atomic E-state index is 0.198. The summed E-state index contributed by atoms with van der Waals surface area (Å²) in [6.07, 6.45) is 0. The molecule has 3 heterocycles. The molecule has 3 aliphatic heterocycles. The van der Waals surface area contributed by atoms with Crippen molar-refractivity contribution in [2.75, 3.05) is 0 Å². The summed E-state index contributed by atoms with van der Waals surface area (Å²) in [5.41, 5.74) is 0. The van der Waals surface area contributed by atoms with Crippen LogP contribution in [0.4, 0.5) is 0 Å². The second-order valence-corrected chi connectivity index (χ2v) is 4.96. The predicted octanol–water partition coefficient (Wildman–Crippen LogP) is -0.967. The van der Waals surface area contributed by atoms with E-state index < -0.39 is 22.7 Å². The zero-order valence-corrected chi connectivity index (χ0v) is 5.68. The maximum absolute atomic E-state index is 4.79. The van der Waals surface area contributed by atoms with Gasteiger partial charge in [0.25, 0.3) is 0 Å². The van der Waals surface area contributed by atoms with Crippen molar-refractivity contribution >= 4 is 30.1 Å². The van der Waals surface area contributed by atoms with Crippen molar-refractivity contribution in [1.29, 1.82) is 0 Å². The van der Waals surface area contributed by atoms with Gasteiger partial charge in [-0.1, -0.05) is 0 Å². The van der Waals surface area contributed by atoms with Gasteiger partial charge in [-0.05, 0) is 0 Å². The van der Waals surface area contributed by atoms with Crippen molar-refractivity contribution in [2.45, 2.75) is 0 Å². The molecule has 3 aliphatic rings. The summed E-state index contributed by atoms with van der Waals surface area (Å²) in [5.74, 6) is 0. The summed E-state index contributed by atoms with van der Waals surface area (Å²) in [6, 6.07) is 0. The first-order chi connectivity index (χ1) is 2.45. The quantitative estimate of drug-likeness (QED) is 0.442. The van der Waals surface area contributed by atoms with Gasteiger partial charge >= 0.3 is 38.4 Å². The molecule has 0 aromatic heterocycles. The van der Waals surface area contributed by atoms with Crippen molar-refractivity contribution in [3.63, 3.8) is 0 Å². The molecule has 0 aliphatic carbocycles. The Balaban J connectivity index is 2.19. The van der Waals surface area contributed by atoms with Crippen LogP contribution in [-0.4, -0.2) is 30.1 Å². The molecule has 0 unspecified atom stereocenters. The fourth-order valence-electron chi connectivity index (χ4n) is 0.303. The fourth-order valence-corrected chi connectivity index (χ4v) is 2.03. The normalized spacial score (nSPS) is 28.8. The van der Waals surface area contributed by atoms with Crippen LogP contribution < -0.4 is 0 Å². The molecule has 0 atom stereocenters. The molecule has 5 heteroatoms. The van der Waals surface area contributed by atoms with Gasteiger partial charge in [-0.15, -0.1) is 0 Å². The predicted molar refractivity (Wildman–Crippen MR) is 14.8 cm³/mol. The van der Waals surface area contributed by atoms with Crippen LogP contribution in [0.15, 0.2) is 0 Å². The minimum atomic E-state index is -1.86. The molecule has 3 fully saturated rings. The Bertz CT molecular complexity index is 43.6. The van der Waals surface area contributed by atoms with Gasteiger partial charge in [-0.25, -0.2) is 0 Å². The van der Waals surface area contributed by atoms with Gasteiger partial charge in [0.15, 0.2) is 0 Å². The van der Waals surface area contributed by atoms with Crippen molar-refractivity contribution in [3.8, 4) is 0 Å². The third-order valence-corrected chi connectivity index (χ3v) is 4.47.